The van der Waals surface area contributed by atoms with Gasteiger partial charge in [0.15, 0.2) is 5.43 Å². The first-order chi connectivity index (χ1) is 9.15. The Hall–Kier alpha value is -1.57. The van der Waals surface area contributed by atoms with Crippen LogP contribution in [0.3, 0.4) is 0 Å². The molecule has 19 heavy (non-hydrogen) atoms. The van der Waals surface area contributed by atoms with Crippen molar-refractivity contribution in [3.05, 3.63) is 63.0 Å². The molecule has 96 valence electrons. The van der Waals surface area contributed by atoms with Crippen LogP contribution in [-0.2, 0) is 6.42 Å². The van der Waals surface area contributed by atoms with E-state index in [9.17, 15) is 4.79 Å². The lowest BCUT2D eigenvalue weighted by atomic mass is 10.2. The third-order valence-electron chi connectivity index (χ3n) is 2.69. The molecule has 5 heteroatoms. The van der Waals surface area contributed by atoms with Gasteiger partial charge in [-0.05, 0) is 24.6 Å². The monoisotopic (exact) mass is 336 g/mol. The first-order valence-corrected chi connectivity index (χ1v) is 7.13. The predicted molar refractivity (Wildman–Crippen MR) is 79.3 cm³/mol. The summed E-state index contributed by atoms with van der Waals surface area (Å²) in [4.78, 5) is 11.7. The first kappa shape index (κ1) is 13.9. The lowest BCUT2D eigenvalue weighted by Crippen LogP contribution is -2.14. The van der Waals surface area contributed by atoms with Crippen LogP contribution in [0.2, 0.25) is 5.02 Å². The first-order valence-electron chi connectivity index (χ1n) is 5.63. The van der Waals surface area contributed by atoms with E-state index in [4.69, 9.17) is 16.9 Å². The number of hydrogen-bond donors (Lipinski definition) is 0. The van der Waals surface area contributed by atoms with Gasteiger partial charge in [-0.25, -0.2) is 0 Å². The van der Waals surface area contributed by atoms with E-state index in [0.29, 0.717) is 11.4 Å². The fraction of sp³-hybridized carbons (Fsp3) is 0.143. The van der Waals surface area contributed by atoms with E-state index in [1.54, 1.807) is 18.3 Å². The SMILES string of the molecule is N#Cc1cn(-c2cccc(Cl)c2)c(CCBr)cc1=O. The quantitative estimate of drug-likeness (QED) is 0.807. The summed E-state index contributed by atoms with van der Waals surface area (Å²) in [5.41, 5.74) is 1.54. The summed E-state index contributed by atoms with van der Waals surface area (Å²) in [7, 11) is 0. The van der Waals surface area contributed by atoms with E-state index < -0.39 is 0 Å². The lowest BCUT2D eigenvalue weighted by molar-refractivity contribution is 0.908. The number of pyridine rings is 1. The van der Waals surface area contributed by atoms with E-state index >= 15 is 0 Å². The summed E-state index contributed by atoms with van der Waals surface area (Å²) in [5, 5.41) is 10.3. The summed E-state index contributed by atoms with van der Waals surface area (Å²) in [6, 6.07) is 10.7. The minimum Gasteiger partial charge on any atom is -0.319 e. The van der Waals surface area contributed by atoms with Gasteiger partial charge in [-0.2, -0.15) is 5.26 Å². The van der Waals surface area contributed by atoms with Crippen molar-refractivity contribution < 1.29 is 0 Å². The Morgan fingerprint density at radius 3 is 2.79 bits per heavy atom. The standard InChI is InChI=1S/C14H10BrClN2O/c15-5-4-13-7-14(19)10(8-17)9-18(13)12-3-1-2-11(16)6-12/h1-3,6-7,9H,4-5H2. The molecule has 0 saturated heterocycles. The summed E-state index contributed by atoms with van der Waals surface area (Å²) in [6.07, 6.45) is 2.25. The Labute approximate surface area is 124 Å². The molecule has 2 aromatic rings. The van der Waals surface area contributed by atoms with Gasteiger partial charge in [0.25, 0.3) is 0 Å². The van der Waals surface area contributed by atoms with Gasteiger partial charge < -0.3 is 4.57 Å². The zero-order valence-electron chi connectivity index (χ0n) is 9.94. The number of halogens is 2. The molecule has 0 fully saturated rings. The zero-order chi connectivity index (χ0) is 13.8. The van der Waals surface area contributed by atoms with Crippen molar-refractivity contribution in [1.29, 1.82) is 5.26 Å². The second-order valence-electron chi connectivity index (χ2n) is 3.94. The molecule has 2 rings (SSSR count). The Bertz CT molecular complexity index is 703. The highest BCUT2D eigenvalue weighted by atomic mass is 79.9. The highest BCUT2D eigenvalue weighted by Gasteiger charge is 2.08. The number of hydrogen-bond acceptors (Lipinski definition) is 2. The largest absolute Gasteiger partial charge is 0.319 e. The van der Waals surface area contributed by atoms with Crippen LogP contribution in [0.4, 0.5) is 0 Å². The fourth-order valence-electron chi connectivity index (χ4n) is 1.81. The summed E-state index contributed by atoms with van der Waals surface area (Å²) in [5.74, 6) is 0. The fourth-order valence-corrected chi connectivity index (χ4v) is 2.40. The normalized spacial score (nSPS) is 10.2. The smallest absolute Gasteiger partial charge is 0.199 e. The number of aryl methyl sites for hydroxylation is 1. The van der Waals surface area contributed by atoms with Crippen molar-refractivity contribution >= 4 is 27.5 Å². The molecule has 0 spiro atoms. The molecule has 3 nitrogen and oxygen atoms in total. The molecule has 0 N–H and O–H groups in total. The number of alkyl halides is 1. The molecule has 0 radical (unpaired) electrons. The molecule has 0 bridgehead atoms. The van der Waals surface area contributed by atoms with E-state index in [1.165, 1.54) is 6.07 Å². The van der Waals surface area contributed by atoms with Crippen LogP contribution in [-0.4, -0.2) is 9.90 Å². The Kier molecular flexibility index (Phi) is 4.41. The van der Waals surface area contributed by atoms with Gasteiger partial charge in [-0.15, -0.1) is 0 Å². The number of rotatable bonds is 3. The van der Waals surface area contributed by atoms with Gasteiger partial charge in [-0.3, -0.25) is 4.79 Å². The minimum absolute atomic E-state index is 0.123. The highest BCUT2D eigenvalue weighted by Crippen LogP contribution is 2.17. The molecule has 0 aliphatic carbocycles. The van der Waals surface area contributed by atoms with E-state index in [2.05, 4.69) is 15.9 Å². The van der Waals surface area contributed by atoms with Crippen molar-refractivity contribution in [3.8, 4) is 11.8 Å². The zero-order valence-corrected chi connectivity index (χ0v) is 12.3. The summed E-state index contributed by atoms with van der Waals surface area (Å²) < 4.78 is 1.83. The van der Waals surface area contributed by atoms with Gasteiger partial charge in [0.1, 0.15) is 11.6 Å². The molecule has 0 amide bonds. The molecular formula is C14H10BrClN2O. The molecule has 1 aromatic carbocycles. The Morgan fingerprint density at radius 1 is 1.37 bits per heavy atom. The van der Waals surface area contributed by atoms with Crippen LogP contribution in [0, 0.1) is 11.3 Å². The third-order valence-corrected chi connectivity index (χ3v) is 3.32. The Balaban J connectivity index is 2.66. The van der Waals surface area contributed by atoms with Crippen LogP contribution in [0.25, 0.3) is 5.69 Å². The van der Waals surface area contributed by atoms with Gasteiger partial charge in [0.05, 0.1) is 0 Å². The number of benzene rings is 1. The molecule has 0 aliphatic rings. The molecular weight excluding hydrogens is 328 g/mol. The maximum absolute atomic E-state index is 11.7. The van der Waals surface area contributed by atoms with Crippen molar-refractivity contribution in [3.63, 3.8) is 0 Å². The molecule has 0 saturated carbocycles. The molecule has 0 atom stereocenters. The van der Waals surface area contributed by atoms with Crippen LogP contribution >= 0.6 is 27.5 Å². The second kappa shape index (κ2) is 6.05. The maximum Gasteiger partial charge on any atom is 0.199 e. The average molecular weight is 338 g/mol. The van der Waals surface area contributed by atoms with E-state index in [1.807, 2.05) is 22.8 Å². The minimum atomic E-state index is -0.253. The van der Waals surface area contributed by atoms with E-state index in [0.717, 1.165) is 16.7 Å². The van der Waals surface area contributed by atoms with Gasteiger partial charge in [0, 0.05) is 34.0 Å². The van der Waals surface area contributed by atoms with Gasteiger partial charge in [-0.1, -0.05) is 33.6 Å². The van der Waals surface area contributed by atoms with Gasteiger partial charge >= 0.3 is 0 Å². The molecule has 1 heterocycles. The van der Waals surface area contributed by atoms with Crippen molar-refractivity contribution in [1.82, 2.24) is 4.57 Å². The van der Waals surface area contributed by atoms with Crippen LogP contribution in [0.15, 0.2) is 41.3 Å². The Morgan fingerprint density at radius 2 is 2.16 bits per heavy atom. The van der Waals surface area contributed by atoms with Crippen LogP contribution in [0.5, 0.6) is 0 Å². The topological polar surface area (TPSA) is 45.8 Å². The molecule has 1 aromatic heterocycles. The molecule has 0 aliphatic heterocycles. The lowest BCUT2D eigenvalue weighted by Gasteiger charge is -2.13. The maximum atomic E-state index is 11.7. The summed E-state index contributed by atoms with van der Waals surface area (Å²) >= 11 is 9.34. The molecule has 0 unspecified atom stereocenters. The third kappa shape index (κ3) is 3.06. The van der Waals surface area contributed by atoms with E-state index in [-0.39, 0.29) is 11.0 Å². The van der Waals surface area contributed by atoms with Crippen molar-refractivity contribution in [2.75, 3.05) is 5.33 Å². The number of aromatic nitrogens is 1. The van der Waals surface area contributed by atoms with Crippen LogP contribution < -0.4 is 5.43 Å². The predicted octanol–water partition coefficient (Wildman–Crippen LogP) is 3.30. The van der Waals surface area contributed by atoms with Crippen LogP contribution in [0.1, 0.15) is 11.3 Å². The van der Waals surface area contributed by atoms with Gasteiger partial charge in [0.2, 0.25) is 0 Å². The summed E-state index contributed by atoms with van der Waals surface area (Å²) in [6.45, 7) is 0. The highest BCUT2D eigenvalue weighted by molar-refractivity contribution is 9.09. The average Bonchev–Trinajstić information content (AvgIpc) is 2.39. The van der Waals surface area contributed by atoms with Crippen molar-refractivity contribution in [2.45, 2.75) is 6.42 Å². The van der Waals surface area contributed by atoms with Crippen molar-refractivity contribution in [2.24, 2.45) is 0 Å². The second-order valence-corrected chi connectivity index (χ2v) is 5.17. The number of nitrogens with zero attached hydrogens (tertiary/aromatic N) is 2. The number of nitriles is 1.